The first kappa shape index (κ1) is 12.9. The number of halogens is 1. The van der Waals surface area contributed by atoms with Crippen molar-refractivity contribution in [2.24, 2.45) is 0 Å². The Morgan fingerprint density at radius 1 is 1.50 bits per heavy atom. The zero-order chi connectivity index (χ0) is 13.0. The lowest BCUT2D eigenvalue weighted by atomic mass is 10.2. The number of rotatable bonds is 5. The van der Waals surface area contributed by atoms with Gasteiger partial charge in [-0.1, -0.05) is 0 Å². The van der Waals surface area contributed by atoms with E-state index in [0.29, 0.717) is 24.6 Å². The molecular formula is C13H14BrN3O. The summed E-state index contributed by atoms with van der Waals surface area (Å²) < 4.78 is 0.837. The molecule has 2 N–H and O–H groups in total. The fourth-order valence-corrected chi connectivity index (χ4v) is 2.09. The first-order chi connectivity index (χ1) is 8.69. The molecule has 0 saturated heterocycles. The highest BCUT2D eigenvalue weighted by molar-refractivity contribution is 9.10. The minimum atomic E-state index is 0.0924. The van der Waals surface area contributed by atoms with Crippen molar-refractivity contribution in [2.45, 2.75) is 25.3 Å². The number of anilines is 1. The van der Waals surface area contributed by atoms with Crippen molar-refractivity contribution < 1.29 is 4.79 Å². The van der Waals surface area contributed by atoms with E-state index in [0.717, 1.165) is 23.0 Å². The molecule has 1 aliphatic rings. The van der Waals surface area contributed by atoms with E-state index in [-0.39, 0.29) is 5.91 Å². The predicted molar refractivity (Wildman–Crippen MR) is 73.1 cm³/mol. The molecule has 2 rings (SSSR count). The van der Waals surface area contributed by atoms with Gasteiger partial charge in [0.25, 0.3) is 0 Å². The highest BCUT2D eigenvalue weighted by Crippen LogP contribution is 2.23. The van der Waals surface area contributed by atoms with Gasteiger partial charge in [0.15, 0.2) is 0 Å². The molecule has 1 aliphatic carbocycles. The molecule has 0 bridgehead atoms. The van der Waals surface area contributed by atoms with Crippen molar-refractivity contribution in [3.63, 3.8) is 0 Å². The average Bonchev–Trinajstić information content (AvgIpc) is 3.15. The van der Waals surface area contributed by atoms with Crippen LogP contribution in [-0.2, 0) is 4.79 Å². The highest BCUT2D eigenvalue weighted by atomic mass is 79.9. The maximum atomic E-state index is 11.5. The Hall–Kier alpha value is -1.54. The maximum absolute atomic E-state index is 11.5. The lowest BCUT2D eigenvalue weighted by Crippen LogP contribution is -2.27. The third-order valence-corrected chi connectivity index (χ3v) is 3.36. The van der Waals surface area contributed by atoms with E-state index in [2.05, 4.69) is 32.6 Å². The molecule has 5 heteroatoms. The van der Waals surface area contributed by atoms with Crippen LogP contribution in [0.4, 0.5) is 5.69 Å². The largest absolute Gasteiger partial charge is 0.384 e. The van der Waals surface area contributed by atoms with Crippen LogP contribution in [0.15, 0.2) is 22.7 Å². The van der Waals surface area contributed by atoms with Gasteiger partial charge in [0.2, 0.25) is 5.91 Å². The Morgan fingerprint density at radius 3 is 2.89 bits per heavy atom. The summed E-state index contributed by atoms with van der Waals surface area (Å²) in [5.41, 5.74) is 1.51. The number of benzene rings is 1. The molecule has 4 nitrogen and oxygen atoms in total. The molecule has 1 aromatic rings. The van der Waals surface area contributed by atoms with Gasteiger partial charge in [0, 0.05) is 29.2 Å². The van der Waals surface area contributed by atoms with Crippen molar-refractivity contribution in [3.05, 3.63) is 28.2 Å². The van der Waals surface area contributed by atoms with Crippen LogP contribution in [0.1, 0.15) is 24.8 Å². The Balaban J connectivity index is 1.79. The second kappa shape index (κ2) is 5.87. The van der Waals surface area contributed by atoms with Crippen molar-refractivity contribution >= 4 is 27.5 Å². The Morgan fingerprint density at radius 2 is 2.28 bits per heavy atom. The normalized spacial score (nSPS) is 13.8. The van der Waals surface area contributed by atoms with Crippen LogP contribution in [0.25, 0.3) is 0 Å². The molecule has 0 aliphatic heterocycles. The lowest BCUT2D eigenvalue weighted by molar-refractivity contribution is -0.120. The number of carbonyl (C=O) groups is 1. The Bertz CT molecular complexity index is 491. The molecule has 0 radical (unpaired) electrons. The predicted octanol–water partition coefficient (Wildman–Crippen LogP) is 2.40. The second-order valence-corrected chi connectivity index (χ2v) is 5.18. The number of amides is 1. The van der Waals surface area contributed by atoms with Gasteiger partial charge in [0.05, 0.1) is 11.6 Å². The topological polar surface area (TPSA) is 64.9 Å². The quantitative estimate of drug-likeness (QED) is 0.878. The fourth-order valence-electron chi connectivity index (χ4n) is 1.57. The molecule has 0 spiro atoms. The smallest absolute Gasteiger partial charge is 0.221 e. The van der Waals surface area contributed by atoms with Gasteiger partial charge in [-0.2, -0.15) is 5.26 Å². The second-order valence-electron chi connectivity index (χ2n) is 4.32. The van der Waals surface area contributed by atoms with E-state index in [4.69, 9.17) is 5.26 Å². The number of carbonyl (C=O) groups excluding carboxylic acids is 1. The van der Waals surface area contributed by atoms with Crippen molar-refractivity contribution in [1.29, 1.82) is 5.26 Å². The number of nitriles is 1. The number of nitrogens with zero attached hydrogens (tertiary/aromatic N) is 1. The van der Waals surface area contributed by atoms with E-state index in [1.165, 1.54) is 0 Å². The van der Waals surface area contributed by atoms with Crippen molar-refractivity contribution in [2.75, 3.05) is 11.9 Å². The summed E-state index contributed by atoms with van der Waals surface area (Å²) in [5, 5.41) is 14.9. The van der Waals surface area contributed by atoms with Gasteiger partial charge < -0.3 is 10.6 Å². The third-order valence-electron chi connectivity index (χ3n) is 2.71. The van der Waals surface area contributed by atoms with E-state index in [1.54, 1.807) is 12.1 Å². The van der Waals surface area contributed by atoms with Crippen LogP contribution in [0.2, 0.25) is 0 Å². The van der Waals surface area contributed by atoms with Crippen LogP contribution < -0.4 is 10.6 Å². The van der Waals surface area contributed by atoms with Crippen LogP contribution in [0, 0.1) is 11.3 Å². The SMILES string of the molecule is N#Cc1ccc(NCCC(=O)NC2CC2)c(Br)c1. The fraction of sp³-hybridized carbons (Fsp3) is 0.385. The molecule has 0 atom stereocenters. The van der Waals surface area contributed by atoms with E-state index < -0.39 is 0 Å². The molecule has 0 heterocycles. The summed E-state index contributed by atoms with van der Waals surface area (Å²) in [6.07, 6.45) is 2.68. The summed E-state index contributed by atoms with van der Waals surface area (Å²) >= 11 is 3.39. The molecule has 1 fully saturated rings. The number of hydrogen-bond acceptors (Lipinski definition) is 3. The molecular weight excluding hydrogens is 294 g/mol. The zero-order valence-electron chi connectivity index (χ0n) is 9.87. The minimum absolute atomic E-state index is 0.0924. The van der Waals surface area contributed by atoms with Gasteiger partial charge in [-0.25, -0.2) is 0 Å². The first-order valence-electron chi connectivity index (χ1n) is 5.92. The Labute approximate surface area is 115 Å². The van der Waals surface area contributed by atoms with Crippen LogP contribution >= 0.6 is 15.9 Å². The average molecular weight is 308 g/mol. The Kier molecular flexibility index (Phi) is 4.21. The zero-order valence-corrected chi connectivity index (χ0v) is 11.5. The van der Waals surface area contributed by atoms with Gasteiger partial charge >= 0.3 is 0 Å². The van der Waals surface area contributed by atoms with Crippen LogP contribution in [0.5, 0.6) is 0 Å². The van der Waals surface area contributed by atoms with E-state index in [1.807, 2.05) is 6.07 Å². The summed E-state index contributed by atoms with van der Waals surface area (Å²) in [6.45, 7) is 0.586. The first-order valence-corrected chi connectivity index (χ1v) is 6.71. The molecule has 1 amide bonds. The number of hydrogen-bond donors (Lipinski definition) is 2. The van der Waals surface area contributed by atoms with E-state index in [9.17, 15) is 4.79 Å². The minimum Gasteiger partial charge on any atom is -0.384 e. The molecule has 94 valence electrons. The third kappa shape index (κ3) is 3.74. The van der Waals surface area contributed by atoms with Crippen LogP contribution in [0.3, 0.4) is 0 Å². The maximum Gasteiger partial charge on any atom is 0.221 e. The lowest BCUT2D eigenvalue weighted by Gasteiger charge is -2.08. The number of nitrogens with one attached hydrogen (secondary N) is 2. The summed E-state index contributed by atoms with van der Waals surface area (Å²) in [6, 6.07) is 7.83. The molecule has 1 saturated carbocycles. The summed E-state index contributed by atoms with van der Waals surface area (Å²) in [5.74, 6) is 0.0924. The van der Waals surface area contributed by atoms with Gasteiger partial charge in [-0.3, -0.25) is 4.79 Å². The monoisotopic (exact) mass is 307 g/mol. The standard InChI is InChI=1S/C13H14BrN3O/c14-11-7-9(8-15)1-4-12(11)16-6-5-13(18)17-10-2-3-10/h1,4,7,10,16H,2-3,5-6H2,(H,17,18). The molecule has 0 unspecified atom stereocenters. The van der Waals surface area contributed by atoms with E-state index >= 15 is 0 Å². The van der Waals surface area contributed by atoms with Crippen LogP contribution in [-0.4, -0.2) is 18.5 Å². The summed E-state index contributed by atoms with van der Waals surface area (Å²) in [4.78, 5) is 11.5. The highest BCUT2D eigenvalue weighted by Gasteiger charge is 2.22. The van der Waals surface area contributed by atoms with Gasteiger partial charge in [0.1, 0.15) is 0 Å². The van der Waals surface area contributed by atoms with Crippen molar-refractivity contribution in [3.8, 4) is 6.07 Å². The molecule has 1 aromatic carbocycles. The molecule has 0 aromatic heterocycles. The summed E-state index contributed by atoms with van der Waals surface area (Å²) in [7, 11) is 0. The van der Waals surface area contributed by atoms with Crippen molar-refractivity contribution in [1.82, 2.24) is 5.32 Å². The van der Waals surface area contributed by atoms with Gasteiger partial charge in [-0.05, 0) is 47.0 Å². The molecule has 18 heavy (non-hydrogen) atoms. The van der Waals surface area contributed by atoms with Gasteiger partial charge in [-0.15, -0.1) is 0 Å².